The van der Waals surface area contributed by atoms with E-state index in [1.165, 1.54) is 19.2 Å². The van der Waals surface area contributed by atoms with Crippen molar-refractivity contribution in [3.05, 3.63) is 44.5 Å². The average molecular weight is 331 g/mol. The van der Waals surface area contributed by atoms with Crippen LogP contribution in [0.15, 0.2) is 27.8 Å². The van der Waals surface area contributed by atoms with Gasteiger partial charge in [0, 0.05) is 28.0 Å². The van der Waals surface area contributed by atoms with Crippen molar-refractivity contribution < 1.29 is 13.9 Å². The Morgan fingerprint density at radius 2 is 2.42 bits per heavy atom. The molecule has 0 aliphatic carbocycles. The Bertz CT molecular complexity index is 505. The molecule has 0 aliphatic rings. The second-order valence-corrected chi connectivity index (χ2v) is 4.45. The summed E-state index contributed by atoms with van der Waals surface area (Å²) < 4.78 is 19.0. The van der Waals surface area contributed by atoms with Crippen LogP contribution in [0.4, 0.5) is 4.39 Å². The lowest BCUT2D eigenvalue weighted by atomic mass is 10.1. The molecule has 1 aromatic rings. The lowest BCUT2D eigenvalue weighted by molar-refractivity contribution is -0.143. The smallest absolute Gasteiger partial charge is 0.327 e. The van der Waals surface area contributed by atoms with Crippen molar-refractivity contribution >= 4 is 21.9 Å². The first kappa shape index (κ1) is 15.4. The molecule has 0 radical (unpaired) electrons. The van der Waals surface area contributed by atoms with Gasteiger partial charge in [-0.05, 0) is 17.7 Å². The number of hydrogen-bond acceptors (Lipinski definition) is 4. The number of nitrogens with zero attached hydrogens (tertiary/aromatic N) is 3. The summed E-state index contributed by atoms with van der Waals surface area (Å²) in [5.41, 5.74) is 8.33. The largest absolute Gasteiger partial charge is 0.468 e. The highest BCUT2D eigenvalue weighted by atomic mass is 79.9. The molecule has 8 heteroatoms. The zero-order chi connectivity index (χ0) is 14.3. The first-order valence-corrected chi connectivity index (χ1v) is 6.16. The highest BCUT2D eigenvalue weighted by Gasteiger charge is 2.23. The molecule has 0 aromatic heterocycles. The number of nitrogens with one attached hydrogen (secondary N) is 1. The fraction of sp³-hybridized carbons (Fsp3) is 0.364. The monoisotopic (exact) mass is 330 g/mol. The van der Waals surface area contributed by atoms with E-state index in [1.54, 1.807) is 6.07 Å². The van der Waals surface area contributed by atoms with E-state index in [4.69, 9.17) is 5.53 Å². The van der Waals surface area contributed by atoms with Crippen LogP contribution in [-0.2, 0) is 9.53 Å². The van der Waals surface area contributed by atoms with Gasteiger partial charge in [-0.2, -0.15) is 0 Å². The molecule has 0 spiro atoms. The van der Waals surface area contributed by atoms with E-state index in [0.29, 0.717) is 4.47 Å². The number of azide groups is 1. The summed E-state index contributed by atoms with van der Waals surface area (Å²) in [6.07, 6.45) is 0. The molecule has 1 rings (SSSR count). The Kier molecular flexibility index (Phi) is 6.27. The van der Waals surface area contributed by atoms with Crippen molar-refractivity contribution in [3.63, 3.8) is 0 Å². The van der Waals surface area contributed by atoms with E-state index >= 15 is 0 Å². The van der Waals surface area contributed by atoms with Crippen LogP contribution in [0.1, 0.15) is 11.6 Å². The molecule has 19 heavy (non-hydrogen) atoms. The molecular formula is C11H12BrFN4O2. The van der Waals surface area contributed by atoms with Gasteiger partial charge in [-0.1, -0.05) is 27.1 Å². The average Bonchev–Trinajstić information content (AvgIpc) is 2.39. The number of hydrogen-bond donors (Lipinski definition) is 1. The van der Waals surface area contributed by atoms with Gasteiger partial charge in [0.1, 0.15) is 11.9 Å². The van der Waals surface area contributed by atoms with Gasteiger partial charge in [0.2, 0.25) is 0 Å². The first-order valence-electron chi connectivity index (χ1n) is 5.37. The number of methoxy groups -OCH3 is 1. The van der Waals surface area contributed by atoms with Crippen LogP contribution in [0.25, 0.3) is 10.4 Å². The number of carbonyl (C=O) groups excluding carboxylic acids is 1. The van der Waals surface area contributed by atoms with Gasteiger partial charge < -0.3 is 10.1 Å². The Labute approximate surface area is 117 Å². The number of benzene rings is 1. The van der Waals surface area contributed by atoms with Crippen molar-refractivity contribution in [2.45, 2.75) is 6.04 Å². The van der Waals surface area contributed by atoms with Gasteiger partial charge in [-0.3, -0.25) is 0 Å². The molecule has 6 nitrogen and oxygen atoms in total. The molecular weight excluding hydrogens is 319 g/mol. The van der Waals surface area contributed by atoms with Gasteiger partial charge in [-0.25, -0.2) is 9.18 Å². The maximum absolute atomic E-state index is 13.8. The first-order chi connectivity index (χ1) is 9.10. The summed E-state index contributed by atoms with van der Waals surface area (Å²) in [7, 11) is 1.22. The summed E-state index contributed by atoms with van der Waals surface area (Å²) in [5.74, 6) is -1.14. The summed E-state index contributed by atoms with van der Waals surface area (Å²) in [4.78, 5) is 14.2. The minimum atomic E-state index is -0.938. The van der Waals surface area contributed by atoms with Crippen LogP contribution in [0, 0.1) is 5.82 Å². The fourth-order valence-electron chi connectivity index (χ4n) is 1.48. The summed E-state index contributed by atoms with van der Waals surface area (Å²) >= 11 is 3.14. The molecule has 0 bridgehead atoms. The molecule has 0 heterocycles. The van der Waals surface area contributed by atoms with Gasteiger partial charge in [0.25, 0.3) is 0 Å². The summed E-state index contributed by atoms with van der Waals surface area (Å²) in [6.45, 7) is 0.390. The van der Waals surface area contributed by atoms with E-state index < -0.39 is 17.8 Å². The van der Waals surface area contributed by atoms with Crippen LogP contribution in [0.5, 0.6) is 0 Å². The highest BCUT2D eigenvalue weighted by molar-refractivity contribution is 9.10. The molecule has 102 valence electrons. The van der Waals surface area contributed by atoms with Crippen molar-refractivity contribution in [1.29, 1.82) is 0 Å². The SMILES string of the molecule is COC(=O)C(NCCN=[N+]=[N-])c1ccc(Br)cc1F. The van der Waals surface area contributed by atoms with Crippen molar-refractivity contribution in [2.75, 3.05) is 20.2 Å². The van der Waals surface area contributed by atoms with Gasteiger partial charge >= 0.3 is 5.97 Å². The molecule has 0 saturated carbocycles. The second-order valence-electron chi connectivity index (χ2n) is 3.53. The minimum absolute atomic E-state index is 0.155. The molecule has 1 atom stereocenters. The second kappa shape index (κ2) is 7.73. The minimum Gasteiger partial charge on any atom is -0.468 e. The predicted molar refractivity (Wildman–Crippen MR) is 70.9 cm³/mol. The van der Waals surface area contributed by atoms with Crippen LogP contribution >= 0.6 is 15.9 Å². The number of esters is 1. The number of rotatable bonds is 6. The normalized spacial score (nSPS) is 11.5. The van der Waals surface area contributed by atoms with Crippen LogP contribution in [0.2, 0.25) is 0 Å². The Morgan fingerprint density at radius 1 is 1.68 bits per heavy atom. The van der Waals surface area contributed by atoms with Crippen molar-refractivity contribution in [2.24, 2.45) is 5.11 Å². The predicted octanol–water partition coefficient (Wildman–Crippen LogP) is 2.70. The van der Waals surface area contributed by atoms with Gasteiger partial charge in [0.05, 0.1) is 7.11 Å². The molecule has 0 saturated heterocycles. The van der Waals surface area contributed by atoms with E-state index in [9.17, 15) is 9.18 Å². The van der Waals surface area contributed by atoms with Crippen LogP contribution in [-0.4, -0.2) is 26.2 Å². The van der Waals surface area contributed by atoms with Gasteiger partial charge in [-0.15, -0.1) is 0 Å². The van der Waals surface area contributed by atoms with E-state index in [2.05, 4.69) is 36.0 Å². The molecule has 1 N–H and O–H groups in total. The molecule has 1 unspecified atom stereocenters. The number of halogens is 2. The highest BCUT2D eigenvalue weighted by Crippen LogP contribution is 2.22. The topological polar surface area (TPSA) is 87.1 Å². The molecule has 0 fully saturated rings. The van der Waals surface area contributed by atoms with E-state index in [0.717, 1.165) is 0 Å². The lowest BCUT2D eigenvalue weighted by Crippen LogP contribution is -2.32. The third-order valence-corrected chi connectivity index (χ3v) is 2.83. The van der Waals surface area contributed by atoms with Gasteiger partial charge in [0.15, 0.2) is 0 Å². The Morgan fingerprint density at radius 3 is 3.00 bits per heavy atom. The number of ether oxygens (including phenoxy) is 1. The molecule has 0 amide bonds. The maximum Gasteiger partial charge on any atom is 0.327 e. The van der Waals surface area contributed by atoms with E-state index in [-0.39, 0.29) is 18.7 Å². The van der Waals surface area contributed by atoms with Crippen molar-refractivity contribution in [1.82, 2.24) is 5.32 Å². The maximum atomic E-state index is 13.8. The number of carbonyl (C=O) groups is 1. The zero-order valence-electron chi connectivity index (χ0n) is 10.1. The van der Waals surface area contributed by atoms with E-state index in [1.807, 2.05) is 0 Å². The molecule has 1 aromatic carbocycles. The standard InChI is InChI=1S/C11H12BrFN4O2/c1-19-11(18)10(15-4-5-16-17-14)8-3-2-7(12)6-9(8)13/h2-3,6,10,15H,4-5H2,1H3. The lowest BCUT2D eigenvalue weighted by Gasteiger charge is -2.17. The van der Waals surface area contributed by atoms with Crippen molar-refractivity contribution in [3.8, 4) is 0 Å². The summed E-state index contributed by atoms with van der Waals surface area (Å²) in [5, 5.41) is 6.11. The van der Waals surface area contributed by atoms with Crippen LogP contribution in [0.3, 0.4) is 0 Å². The zero-order valence-corrected chi connectivity index (χ0v) is 11.7. The molecule has 0 aliphatic heterocycles. The Hall–Kier alpha value is -1.63. The third-order valence-electron chi connectivity index (χ3n) is 2.33. The third kappa shape index (κ3) is 4.51. The fourth-order valence-corrected chi connectivity index (χ4v) is 1.81. The summed E-state index contributed by atoms with van der Waals surface area (Å²) in [6, 6.07) is 3.44. The Balaban J connectivity index is 2.89. The van der Waals surface area contributed by atoms with Crippen LogP contribution < -0.4 is 5.32 Å². The quantitative estimate of drug-likeness (QED) is 0.286.